The van der Waals surface area contributed by atoms with Gasteiger partial charge in [0.05, 0.1) is 10.6 Å². The third-order valence-electron chi connectivity index (χ3n) is 3.67. The van der Waals surface area contributed by atoms with Crippen molar-refractivity contribution in [2.75, 3.05) is 38.5 Å². The molecule has 1 heterocycles. The Labute approximate surface area is 119 Å². The van der Waals surface area contributed by atoms with Crippen LogP contribution in [0, 0.1) is 12.7 Å². The van der Waals surface area contributed by atoms with Crippen molar-refractivity contribution in [3.05, 3.63) is 23.5 Å². The maximum Gasteiger partial charge on any atom is 0.243 e. The van der Waals surface area contributed by atoms with Crippen LogP contribution in [0.1, 0.15) is 12.5 Å². The molecule has 0 atom stereocenters. The van der Waals surface area contributed by atoms with Gasteiger partial charge < -0.3 is 10.6 Å². The van der Waals surface area contributed by atoms with Gasteiger partial charge in [0.2, 0.25) is 10.0 Å². The van der Waals surface area contributed by atoms with Crippen molar-refractivity contribution in [3.8, 4) is 0 Å². The Kier molecular flexibility index (Phi) is 4.31. The molecular formula is C13H20FN3O2S. The topological polar surface area (TPSA) is 66.6 Å². The fourth-order valence-electron chi connectivity index (χ4n) is 2.35. The van der Waals surface area contributed by atoms with Crippen LogP contribution in [0.25, 0.3) is 0 Å². The zero-order valence-corrected chi connectivity index (χ0v) is 12.6. The van der Waals surface area contributed by atoms with Gasteiger partial charge in [0, 0.05) is 26.2 Å². The molecule has 2 N–H and O–H groups in total. The molecule has 1 fully saturated rings. The molecule has 1 saturated heterocycles. The molecule has 0 aliphatic carbocycles. The minimum atomic E-state index is -3.60. The molecule has 7 heteroatoms. The van der Waals surface area contributed by atoms with Crippen molar-refractivity contribution < 1.29 is 12.8 Å². The largest absolute Gasteiger partial charge is 0.396 e. The number of nitrogens with zero attached hydrogens (tertiary/aromatic N) is 2. The van der Waals surface area contributed by atoms with E-state index >= 15 is 0 Å². The molecule has 0 bridgehead atoms. The molecule has 0 spiro atoms. The Bertz CT molecular complexity index is 573. The molecule has 5 nitrogen and oxygen atoms in total. The molecule has 0 unspecified atom stereocenters. The molecule has 0 radical (unpaired) electrons. The number of piperazine rings is 1. The molecule has 1 aliphatic heterocycles. The minimum absolute atomic E-state index is 0.0684. The highest BCUT2D eigenvalue weighted by atomic mass is 32.2. The smallest absolute Gasteiger partial charge is 0.243 e. The monoisotopic (exact) mass is 301 g/mol. The van der Waals surface area contributed by atoms with Gasteiger partial charge >= 0.3 is 0 Å². The number of halogens is 1. The minimum Gasteiger partial charge on any atom is -0.396 e. The first-order valence-electron chi connectivity index (χ1n) is 6.64. The third-order valence-corrected chi connectivity index (χ3v) is 5.55. The second-order valence-corrected chi connectivity index (χ2v) is 6.92. The number of nitrogen functional groups attached to an aromatic ring is 1. The van der Waals surface area contributed by atoms with Crippen LogP contribution in [0.4, 0.5) is 10.1 Å². The predicted octanol–water partition coefficient (Wildman–Crippen LogP) is 1.04. The zero-order chi connectivity index (χ0) is 14.9. The maximum absolute atomic E-state index is 13.5. The quantitative estimate of drug-likeness (QED) is 0.847. The maximum atomic E-state index is 13.5. The normalized spacial score (nSPS) is 18.4. The molecule has 20 heavy (non-hydrogen) atoms. The van der Waals surface area contributed by atoms with Crippen LogP contribution in [-0.2, 0) is 10.0 Å². The average molecular weight is 301 g/mol. The molecule has 0 saturated carbocycles. The first-order valence-corrected chi connectivity index (χ1v) is 8.08. The van der Waals surface area contributed by atoms with Gasteiger partial charge in [0.25, 0.3) is 0 Å². The average Bonchev–Trinajstić information content (AvgIpc) is 2.44. The second-order valence-electron chi connectivity index (χ2n) is 4.98. The summed E-state index contributed by atoms with van der Waals surface area (Å²) in [6.45, 7) is 6.81. The number of hydrogen-bond donors (Lipinski definition) is 1. The van der Waals surface area contributed by atoms with Gasteiger partial charge in [-0.25, -0.2) is 12.8 Å². The van der Waals surface area contributed by atoms with Crippen LogP contribution >= 0.6 is 0 Å². The van der Waals surface area contributed by atoms with Gasteiger partial charge in [-0.3, -0.25) is 0 Å². The van der Waals surface area contributed by atoms with E-state index < -0.39 is 15.8 Å². The highest BCUT2D eigenvalue weighted by Crippen LogP contribution is 2.24. The predicted molar refractivity (Wildman–Crippen MR) is 76.4 cm³/mol. The number of aryl methyl sites for hydroxylation is 1. The van der Waals surface area contributed by atoms with Gasteiger partial charge in [-0.15, -0.1) is 0 Å². The lowest BCUT2D eigenvalue weighted by molar-refractivity contribution is 0.196. The third kappa shape index (κ3) is 2.79. The summed E-state index contributed by atoms with van der Waals surface area (Å²) in [5, 5.41) is 0. The van der Waals surface area contributed by atoms with Crippen LogP contribution in [0.2, 0.25) is 0 Å². The van der Waals surface area contributed by atoms with Gasteiger partial charge in [0.15, 0.2) is 0 Å². The van der Waals surface area contributed by atoms with Crippen LogP contribution in [-0.4, -0.2) is 50.3 Å². The SMILES string of the molecule is CCN1CCN(S(=O)(=O)c2cc(C)c(F)c(N)c2)CC1. The Balaban J connectivity index is 2.27. The van der Waals surface area contributed by atoms with E-state index in [0.717, 1.165) is 6.54 Å². The summed E-state index contributed by atoms with van der Waals surface area (Å²) in [6, 6.07) is 2.54. The first-order chi connectivity index (χ1) is 9.36. The van der Waals surface area contributed by atoms with E-state index in [9.17, 15) is 12.8 Å². The van der Waals surface area contributed by atoms with Crippen molar-refractivity contribution in [1.29, 1.82) is 0 Å². The summed E-state index contributed by atoms with van der Waals surface area (Å²) >= 11 is 0. The van der Waals surface area contributed by atoms with Gasteiger partial charge in [-0.2, -0.15) is 4.31 Å². The summed E-state index contributed by atoms with van der Waals surface area (Å²) in [5.41, 5.74) is 5.64. The molecule has 2 rings (SSSR count). The molecule has 1 aromatic carbocycles. The van der Waals surface area contributed by atoms with E-state index in [-0.39, 0.29) is 16.1 Å². The lowest BCUT2D eigenvalue weighted by atomic mass is 10.2. The summed E-state index contributed by atoms with van der Waals surface area (Å²) in [7, 11) is -3.60. The fourth-order valence-corrected chi connectivity index (χ4v) is 3.89. The molecule has 112 valence electrons. The second kappa shape index (κ2) is 5.67. The standard InChI is InChI=1S/C13H20FN3O2S/c1-3-16-4-6-17(7-5-16)20(18,19)11-8-10(2)13(14)12(15)9-11/h8-9H,3-7,15H2,1-2H3. The number of benzene rings is 1. The molecule has 1 aliphatic rings. The number of likely N-dealkylation sites (N-methyl/N-ethyl adjacent to an activating group) is 1. The van der Waals surface area contributed by atoms with Gasteiger partial charge in [0.1, 0.15) is 5.82 Å². The van der Waals surface area contributed by atoms with Crippen LogP contribution in [0.15, 0.2) is 17.0 Å². The van der Waals surface area contributed by atoms with E-state index in [1.54, 1.807) is 0 Å². The highest BCUT2D eigenvalue weighted by Gasteiger charge is 2.28. The van der Waals surface area contributed by atoms with Crippen LogP contribution in [0.3, 0.4) is 0 Å². The lowest BCUT2D eigenvalue weighted by Crippen LogP contribution is -2.48. The molecular weight excluding hydrogens is 281 g/mol. The van der Waals surface area contributed by atoms with Crippen LogP contribution in [0.5, 0.6) is 0 Å². The fraction of sp³-hybridized carbons (Fsp3) is 0.538. The summed E-state index contributed by atoms with van der Waals surface area (Å²) in [6.07, 6.45) is 0. The number of rotatable bonds is 3. The van der Waals surface area contributed by atoms with Crippen molar-refractivity contribution >= 4 is 15.7 Å². The Morgan fingerprint density at radius 1 is 1.25 bits per heavy atom. The van der Waals surface area contributed by atoms with E-state index in [2.05, 4.69) is 4.90 Å². The Morgan fingerprint density at radius 3 is 2.35 bits per heavy atom. The molecule has 0 amide bonds. The van der Waals surface area contributed by atoms with Gasteiger partial charge in [-0.1, -0.05) is 6.92 Å². The summed E-state index contributed by atoms with van der Waals surface area (Å²) in [4.78, 5) is 2.26. The van der Waals surface area contributed by atoms with Gasteiger partial charge in [-0.05, 0) is 31.2 Å². The lowest BCUT2D eigenvalue weighted by Gasteiger charge is -2.33. The number of nitrogens with two attached hydrogens (primary N) is 1. The van der Waals surface area contributed by atoms with Crippen LogP contribution < -0.4 is 5.73 Å². The highest BCUT2D eigenvalue weighted by molar-refractivity contribution is 7.89. The van der Waals surface area contributed by atoms with E-state index in [4.69, 9.17) is 5.73 Å². The van der Waals surface area contributed by atoms with Crippen molar-refractivity contribution in [3.63, 3.8) is 0 Å². The summed E-state index contributed by atoms with van der Waals surface area (Å²) < 4.78 is 40.0. The zero-order valence-electron chi connectivity index (χ0n) is 11.8. The van der Waals surface area contributed by atoms with Crippen molar-refractivity contribution in [2.24, 2.45) is 0 Å². The Morgan fingerprint density at radius 2 is 1.85 bits per heavy atom. The van der Waals surface area contributed by atoms with Crippen molar-refractivity contribution in [1.82, 2.24) is 9.21 Å². The van der Waals surface area contributed by atoms with E-state index in [0.29, 0.717) is 26.2 Å². The molecule has 1 aromatic rings. The van der Waals surface area contributed by atoms with Crippen molar-refractivity contribution in [2.45, 2.75) is 18.7 Å². The van der Waals surface area contributed by atoms with E-state index in [1.165, 1.54) is 23.4 Å². The number of anilines is 1. The summed E-state index contributed by atoms with van der Waals surface area (Å²) in [5.74, 6) is -0.556. The van der Waals surface area contributed by atoms with E-state index in [1.807, 2.05) is 6.92 Å². The number of hydrogen-bond acceptors (Lipinski definition) is 4. The number of sulfonamides is 1. The Hall–Kier alpha value is -1.18. The first kappa shape index (κ1) is 15.2. The molecule has 0 aromatic heterocycles.